The van der Waals surface area contributed by atoms with Gasteiger partial charge in [-0.25, -0.2) is 8.42 Å². The molecule has 0 radical (unpaired) electrons. The second-order valence-corrected chi connectivity index (χ2v) is 12.6. The summed E-state index contributed by atoms with van der Waals surface area (Å²) >= 11 is 0. The monoisotopic (exact) mass is 607 g/mol. The number of hydrogen-bond acceptors (Lipinski definition) is 6. The van der Waals surface area contributed by atoms with Crippen molar-refractivity contribution in [2.45, 2.75) is 69.5 Å². The number of anilines is 1. The molecule has 1 atom stereocenters. The normalized spacial score (nSPS) is 14.1. The zero-order valence-corrected chi connectivity index (χ0v) is 26.1. The molecule has 1 aliphatic rings. The zero-order chi connectivity index (χ0) is 31.0. The van der Waals surface area contributed by atoms with Crippen molar-refractivity contribution in [3.05, 3.63) is 83.9 Å². The first-order chi connectivity index (χ1) is 20.7. The minimum Gasteiger partial charge on any atom is -0.497 e. The third kappa shape index (κ3) is 7.67. The Morgan fingerprint density at radius 3 is 2.23 bits per heavy atom. The molecule has 3 aromatic rings. The van der Waals surface area contributed by atoms with Gasteiger partial charge in [-0.05, 0) is 56.0 Å². The van der Waals surface area contributed by atoms with Gasteiger partial charge < -0.3 is 19.7 Å². The van der Waals surface area contributed by atoms with Crippen LogP contribution < -0.4 is 19.1 Å². The van der Waals surface area contributed by atoms with Crippen LogP contribution >= 0.6 is 0 Å². The van der Waals surface area contributed by atoms with E-state index in [1.165, 1.54) is 37.3 Å². The predicted molar refractivity (Wildman–Crippen MR) is 167 cm³/mol. The molecule has 0 spiro atoms. The van der Waals surface area contributed by atoms with E-state index in [2.05, 4.69) is 5.32 Å². The van der Waals surface area contributed by atoms with Crippen LogP contribution in [0, 0.1) is 6.92 Å². The van der Waals surface area contributed by atoms with Crippen LogP contribution in [0.15, 0.2) is 77.7 Å². The van der Waals surface area contributed by atoms with E-state index in [-0.39, 0.29) is 34.8 Å². The summed E-state index contributed by atoms with van der Waals surface area (Å²) in [5.41, 5.74) is 1.88. The number of ether oxygens (including phenoxy) is 2. The topological polar surface area (TPSA) is 105 Å². The molecule has 43 heavy (non-hydrogen) atoms. The molecule has 230 valence electrons. The van der Waals surface area contributed by atoms with E-state index in [0.717, 1.165) is 41.1 Å². The second-order valence-electron chi connectivity index (χ2n) is 10.8. The van der Waals surface area contributed by atoms with E-state index >= 15 is 0 Å². The highest BCUT2D eigenvalue weighted by Gasteiger charge is 2.35. The standard InChI is InChI=1S/C33H41N3O6S/c1-5-29(33(38)34-26-13-9-10-14-26)35(22-25-11-7-6-8-12-25)32(37)23-36(30-21-27(41-3)17-20-31(30)42-4)43(39,40)28-18-15-24(2)16-19-28/h6-8,11-12,15-21,26,29H,5,9-10,13-14,22-23H2,1-4H3,(H,34,38). The molecule has 0 aromatic heterocycles. The molecule has 1 fully saturated rings. The van der Waals surface area contributed by atoms with Crippen molar-refractivity contribution in [3.63, 3.8) is 0 Å². The Morgan fingerprint density at radius 1 is 0.953 bits per heavy atom. The van der Waals surface area contributed by atoms with Gasteiger partial charge in [0.25, 0.3) is 10.0 Å². The fourth-order valence-electron chi connectivity index (χ4n) is 5.41. The minimum atomic E-state index is -4.25. The number of methoxy groups -OCH3 is 2. The van der Waals surface area contributed by atoms with Crippen molar-refractivity contribution in [2.75, 3.05) is 25.1 Å². The quantitative estimate of drug-likeness (QED) is 0.291. The van der Waals surface area contributed by atoms with Crippen LogP contribution in [0.4, 0.5) is 5.69 Å². The predicted octanol–water partition coefficient (Wildman–Crippen LogP) is 5.07. The summed E-state index contributed by atoms with van der Waals surface area (Å²) < 4.78 is 40.4. The molecule has 0 heterocycles. The number of hydrogen-bond donors (Lipinski definition) is 1. The molecule has 0 saturated heterocycles. The first-order valence-electron chi connectivity index (χ1n) is 14.6. The van der Waals surface area contributed by atoms with Gasteiger partial charge in [0.1, 0.15) is 24.1 Å². The Kier molecular flexibility index (Phi) is 10.7. The van der Waals surface area contributed by atoms with E-state index in [1.54, 1.807) is 24.3 Å². The fraction of sp³-hybridized carbons (Fsp3) is 0.394. The van der Waals surface area contributed by atoms with Gasteiger partial charge in [-0.3, -0.25) is 13.9 Å². The summed E-state index contributed by atoms with van der Waals surface area (Å²) in [6.07, 6.45) is 4.30. The van der Waals surface area contributed by atoms with Crippen LogP contribution in [0.5, 0.6) is 11.5 Å². The van der Waals surface area contributed by atoms with Gasteiger partial charge in [0, 0.05) is 18.7 Å². The maximum Gasteiger partial charge on any atom is 0.264 e. The van der Waals surface area contributed by atoms with Crippen molar-refractivity contribution in [1.82, 2.24) is 10.2 Å². The van der Waals surface area contributed by atoms with E-state index in [0.29, 0.717) is 12.2 Å². The van der Waals surface area contributed by atoms with Crippen molar-refractivity contribution in [3.8, 4) is 11.5 Å². The lowest BCUT2D eigenvalue weighted by Crippen LogP contribution is -2.53. The van der Waals surface area contributed by atoms with E-state index < -0.39 is 28.5 Å². The largest absolute Gasteiger partial charge is 0.497 e. The van der Waals surface area contributed by atoms with Gasteiger partial charge >= 0.3 is 0 Å². The summed E-state index contributed by atoms with van der Waals surface area (Å²) in [6.45, 7) is 3.31. The maximum atomic E-state index is 14.3. The number of amides is 2. The lowest BCUT2D eigenvalue weighted by atomic mass is 10.1. The lowest BCUT2D eigenvalue weighted by molar-refractivity contribution is -0.140. The molecule has 1 N–H and O–H groups in total. The highest BCUT2D eigenvalue weighted by atomic mass is 32.2. The van der Waals surface area contributed by atoms with Gasteiger partial charge in [0.2, 0.25) is 11.8 Å². The average Bonchev–Trinajstić information content (AvgIpc) is 3.53. The molecular weight excluding hydrogens is 566 g/mol. The number of benzene rings is 3. The number of nitrogens with zero attached hydrogens (tertiary/aromatic N) is 2. The smallest absolute Gasteiger partial charge is 0.264 e. The molecular formula is C33H41N3O6S. The van der Waals surface area contributed by atoms with E-state index in [1.807, 2.05) is 44.2 Å². The number of sulfonamides is 1. The van der Waals surface area contributed by atoms with Crippen molar-refractivity contribution >= 4 is 27.5 Å². The molecule has 1 aliphatic carbocycles. The van der Waals surface area contributed by atoms with Gasteiger partial charge in [-0.1, -0.05) is 67.8 Å². The Balaban J connectivity index is 1.77. The summed E-state index contributed by atoms with van der Waals surface area (Å²) in [5.74, 6) is -0.0933. The third-order valence-corrected chi connectivity index (χ3v) is 9.60. The molecule has 0 bridgehead atoms. The summed E-state index contributed by atoms with van der Waals surface area (Å²) in [7, 11) is -1.34. The van der Waals surface area contributed by atoms with E-state index in [4.69, 9.17) is 9.47 Å². The molecule has 2 amide bonds. The van der Waals surface area contributed by atoms with Gasteiger partial charge in [0.15, 0.2) is 0 Å². The summed E-state index contributed by atoms with van der Waals surface area (Å²) in [4.78, 5) is 29.4. The number of rotatable bonds is 13. The van der Waals surface area contributed by atoms with Crippen molar-refractivity contribution in [1.29, 1.82) is 0 Å². The van der Waals surface area contributed by atoms with Gasteiger partial charge in [0.05, 0.1) is 24.8 Å². The molecule has 3 aromatic carbocycles. The number of carbonyl (C=O) groups is 2. The van der Waals surface area contributed by atoms with Crippen LogP contribution in [-0.4, -0.2) is 58.0 Å². The van der Waals surface area contributed by atoms with Crippen LogP contribution in [0.2, 0.25) is 0 Å². The Morgan fingerprint density at radius 2 is 1.63 bits per heavy atom. The highest BCUT2D eigenvalue weighted by Crippen LogP contribution is 2.36. The first kappa shape index (κ1) is 31.9. The second kappa shape index (κ2) is 14.4. The van der Waals surface area contributed by atoms with Crippen LogP contribution in [0.3, 0.4) is 0 Å². The van der Waals surface area contributed by atoms with Crippen LogP contribution in [0.1, 0.15) is 50.2 Å². The molecule has 4 rings (SSSR count). The number of nitrogens with one attached hydrogen (secondary N) is 1. The molecule has 9 nitrogen and oxygen atoms in total. The first-order valence-corrected chi connectivity index (χ1v) is 16.1. The number of aryl methyl sites for hydroxylation is 1. The third-order valence-electron chi connectivity index (χ3n) is 7.83. The van der Waals surface area contributed by atoms with Crippen molar-refractivity contribution < 1.29 is 27.5 Å². The van der Waals surface area contributed by atoms with Crippen LogP contribution in [-0.2, 0) is 26.2 Å². The fourth-order valence-corrected chi connectivity index (χ4v) is 6.83. The molecule has 1 unspecified atom stereocenters. The Hall–Kier alpha value is -4.05. The average molecular weight is 608 g/mol. The van der Waals surface area contributed by atoms with Gasteiger partial charge in [-0.2, -0.15) is 0 Å². The van der Waals surface area contributed by atoms with E-state index in [9.17, 15) is 18.0 Å². The SMILES string of the molecule is CCC(C(=O)NC1CCCC1)N(Cc1ccccc1)C(=O)CN(c1cc(OC)ccc1OC)S(=O)(=O)c1ccc(C)cc1. The highest BCUT2D eigenvalue weighted by molar-refractivity contribution is 7.92. The van der Waals surface area contributed by atoms with Gasteiger partial charge in [-0.15, -0.1) is 0 Å². The summed E-state index contributed by atoms with van der Waals surface area (Å²) in [5, 5.41) is 3.13. The number of carbonyl (C=O) groups excluding carboxylic acids is 2. The summed E-state index contributed by atoms with van der Waals surface area (Å²) in [6, 6.07) is 19.9. The molecule has 0 aliphatic heterocycles. The molecule has 10 heteroatoms. The van der Waals surface area contributed by atoms with Crippen molar-refractivity contribution in [2.24, 2.45) is 0 Å². The van der Waals surface area contributed by atoms with Crippen LogP contribution in [0.25, 0.3) is 0 Å². The maximum absolute atomic E-state index is 14.3. The Labute approximate surface area is 254 Å². The lowest BCUT2D eigenvalue weighted by Gasteiger charge is -2.34. The minimum absolute atomic E-state index is 0.0244. The zero-order valence-electron chi connectivity index (χ0n) is 25.3. The molecule has 1 saturated carbocycles. The Bertz CT molecular complexity index is 1490.